The minimum atomic E-state index is -0.475. The summed E-state index contributed by atoms with van der Waals surface area (Å²) in [6.45, 7) is 10.5. The number of hydrogen-bond acceptors (Lipinski definition) is 4. The molecule has 0 saturated heterocycles. The van der Waals surface area contributed by atoms with Crippen LogP contribution in [0, 0.1) is 5.41 Å². The van der Waals surface area contributed by atoms with Crippen LogP contribution in [0.1, 0.15) is 27.2 Å². The zero-order valence-corrected chi connectivity index (χ0v) is 13.8. The van der Waals surface area contributed by atoms with Gasteiger partial charge in [0.1, 0.15) is 4.47 Å². The highest BCUT2D eigenvalue weighted by Crippen LogP contribution is 2.22. The Morgan fingerprint density at radius 2 is 2.25 bits per heavy atom. The predicted molar refractivity (Wildman–Crippen MR) is 85.0 cm³/mol. The van der Waals surface area contributed by atoms with Crippen LogP contribution in [-0.2, 0) is 6.54 Å². The Hall–Kier alpha value is -1.14. The van der Waals surface area contributed by atoms with Gasteiger partial charge in [0.15, 0.2) is 0 Å². The minimum absolute atomic E-state index is 0.0595. The number of hydrogen-bond donors (Lipinski definition) is 2. The van der Waals surface area contributed by atoms with Crippen LogP contribution < -0.4 is 10.9 Å². The van der Waals surface area contributed by atoms with Crippen LogP contribution >= 0.6 is 15.9 Å². The van der Waals surface area contributed by atoms with E-state index in [1.165, 1.54) is 4.68 Å². The molecule has 0 aromatic carbocycles. The van der Waals surface area contributed by atoms with E-state index in [2.05, 4.69) is 53.7 Å². The maximum absolute atomic E-state index is 12.0. The fourth-order valence-electron chi connectivity index (χ4n) is 1.85. The van der Waals surface area contributed by atoms with Crippen molar-refractivity contribution in [3.8, 4) is 0 Å². The molecule has 112 valence electrons. The van der Waals surface area contributed by atoms with E-state index in [4.69, 9.17) is 0 Å². The molecule has 20 heavy (non-hydrogen) atoms. The molecule has 0 radical (unpaired) electrons. The molecular formula is C14H22BrN3O2. The monoisotopic (exact) mass is 343 g/mol. The number of aliphatic hydroxyl groups is 1. The zero-order chi connectivity index (χ0) is 15.3. The summed E-state index contributed by atoms with van der Waals surface area (Å²) in [6, 6.07) is 0. The van der Waals surface area contributed by atoms with Gasteiger partial charge in [0.25, 0.3) is 5.56 Å². The van der Waals surface area contributed by atoms with Gasteiger partial charge in [-0.25, -0.2) is 4.68 Å². The van der Waals surface area contributed by atoms with Crippen molar-refractivity contribution in [1.82, 2.24) is 9.78 Å². The van der Waals surface area contributed by atoms with Gasteiger partial charge in [-0.15, -0.1) is 6.58 Å². The van der Waals surface area contributed by atoms with Crippen molar-refractivity contribution in [2.24, 2.45) is 5.41 Å². The largest absolute Gasteiger partial charge is 0.391 e. The number of halogens is 1. The van der Waals surface area contributed by atoms with Crippen molar-refractivity contribution in [2.45, 2.75) is 39.8 Å². The van der Waals surface area contributed by atoms with Crippen LogP contribution in [0.25, 0.3) is 0 Å². The first kappa shape index (κ1) is 16.9. The van der Waals surface area contributed by atoms with Crippen LogP contribution in [0.4, 0.5) is 5.69 Å². The number of aromatic nitrogens is 2. The Bertz CT molecular complexity index is 520. The van der Waals surface area contributed by atoms with Crippen molar-refractivity contribution in [3.05, 3.63) is 33.7 Å². The average molecular weight is 344 g/mol. The third-order valence-electron chi connectivity index (χ3n) is 2.66. The van der Waals surface area contributed by atoms with E-state index in [1.54, 1.807) is 12.3 Å². The summed E-state index contributed by atoms with van der Waals surface area (Å²) >= 11 is 3.26. The van der Waals surface area contributed by atoms with Crippen molar-refractivity contribution in [1.29, 1.82) is 0 Å². The van der Waals surface area contributed by atoms with Gasteiger partial charge < -0.3 is 10.4 Å². The summed E-state index contributed by atoms with van der Waals surface area (Å²) < 4.78 is 1.73. The summed E-state index contributed by atoms with van der Waals surface area (Å²) in [5.74, 6) is 0. The molecule has 0 aliphatic heterocycles. The summed E-state index contributed by atoms with van der Waals surface area (Å²) in [5.41, 5.74) is 0.424. The van der Waals surface area contributed by atoms with Gasteiger partial charge >= 0.3 is 0 Å². The van der Waals surface area contributed by atoms with Gasteiger partial charge in [0, 0.05) is 6.54 Å². The Balaban J connectivity index is 2.72. The van der Waals surface area contributed by atoms with Crippen molar-refractivity contribution < 1.29 is 5.11 Å². The minimum Gasteiger partial charge on any atom is -0.391 e. The van der Waals surface area contributed by atoms with E-state index in [9.17, 15) is 9.90 Å². The fourth-order valence-corrected chi connectivity index (χ4v) is 2.29. The number of allylic oxidation sites excluding steroid dienone is 1. The third kappa shape index (κ3) is 5.09. The molecule has 5 nitrogen and oxygen atoms in total. The summed E-state index contributed by atoms with van der Waals surface area (Å²) in [7, 11) is 0. The third-order valence-corrected chi connectivity index (χ3v) is 3.43. The molecule has 1 aromatic rings. The zero-order valence-electron chi connectivity index (χ0n) is 12.2. The number of nitrogens with zero attached hydrogens (tertiary/aromatic N) is 2. The number of rotatable bonds is 6. The van der Waals surface area contributed by atoms with Crippen LogP contribution in [-0.4, -0.2) is 27.5 Å². The second-order valence-corrected chi connectivity index (χ2v) is 6.74. The molecule has 1 unspecified atom stereocenters. The Morgan fingerprint density at radius 1 is 1.60 bits per heavy atom. The van der Waals surface area contributed by atoms with Gasteiger partial charge in [-0.2, -0.15) is 5.10 Å². The van der Waals surface area contributed by atoms with E-state index in [0.717, 1.165) is 0 Å². The standard InChI is InChI=1S/C14H22BrN3O2/c1-5-6-18-13(20)12(15)11(9-17-18)16-8-10(19)7-14(2,3)4/h5,9-10,16,19H,1,6-8H2,2-4H3. The molecule has 1 aromatic heterocycles. The second kappa shape index (κ2) is 7.04. The first-order valence-electron chi connectivity index (χ1n) is 6.53. The lowest BCUT2D eigenvalue weighted by atomic mass is 9.89. The SMILES string of the molecule is C=CCn1ncc(NCC(O)CC(C)(C)C)c(Br)c1=O. The molecule has 1 rings (SSSR count). The molecule has 0 amide bonds. The molecule has 0 aliphatic carbocycles. The van der Waals surface area contributed by atoms with Gasteiger partial charge in [0.2, 0.25) is 0 Å². The van der Waals surface area contributed by atoms with Crippen LogP contribution in [0.3, 0.4) is 0 Å². The molecule has 1 heterocycles. The van der Waals surface area contributed by atoms with Crippen molar-refractivity contribution >= 4 is 21.6 Å². The molecule has 0 bridgehead atoms. The highest BCUT2D eigenvalue weighted by molar-refractivity contribution is 9.10. The van der Waals surface area contributed by atoms with Gasteiger partial charge in [0.05, 0.1) is 24.5 Å². The Kier molecular flexibility index (Phi) is 5.95. The fraction of sp³-hybridized carbons (Fsp3) is 0.571. The smallest absolute Gasteiger partial charge is 0.283 e. The second-order valence-electron chi connectivity index (χ2n) is 5.95. The first-order chi connectivity index (χ1) is 9.24. The average Bonchev–Trinajstić information content (AvgIpc) is 2.32. The van der Waals surface area contributed by atoms with E-state index >= 15 is 0 Å². The van der Waals surface area contributed by atoms with E-state index in [1.807, 2.05) is 0 Å². The lowest BCUT2D eigenvalue weighted by Crippen LogP contribution is -2.27. The topological polar surface area (TPSA) is 67.2 Å². The van der Waals surface area contributed by atoms with Crippen LogP contribution in [0.5, 0.6) is 0 Å². The maximum Gasteiger partial charge on any atom is 0.283 e. The molecule has 0 spiro atoms. The molecule has 2 N–H and O–H groups in total. The normalized spacial score (nSPS) is 13.1. The summed E-state index contributed by atoms with van der Waals surface area (Å²) in [6.07, 6.45) is 3.38. The van der Waals surface area contributed by atoms with Crippen LogP contribution in [0.15, 0.2) is 28.1 Å². The first-order valence-corrected chi connectivity index (χ1v) is 7.32. The van der Waals surface area contributed by atoms with Gasteiger partial charge in [-0.1, -0.05) is 26.8 Å². The molecule has 6 heteroatoms. The number of aliphatic hydroxyl groups excluding tert-OH is 1. The summed E-state index contributed by atoms with van der Waals surface area (Å²) in [5, 5.41) is 17.0. The molecule has 0 aliphatic rings. The van der Waals surface area contributed by atoms with Crippen molar-refractivity contribution in [2.75, 3.05) is 11.9 Å². The Labute approximate surface area is 127 Å². The Morgan fingerprint density at radius 3 is 2.80 bits per heavy atom. The predicted octanol–water partition coefficient (Wildman–Crippen LogP) is 2.40. The van der Waals surface area contributed by atoms with Crippen LogP contribution in [0.2, 0.25) is 0 Å². The quantitative estimate of drug-likeness (QED) is 0.778. The molecular weight excluding hydrogens is 322 g/mol. The van der Waals surface area contributed by atoms with E-state index < -0.39 is 6.10 Å². The maximum atomic E-state index is 12.0. The highest BCUT2D eigenvalue weighted by atomic mass is 79.9. The number of nitrogens with one attached hydrogen (secondary N) is 1. The summed E-state index contributed by atoms with van der Waals surface area (Å²) in [4.78, 5) is 12.0. The van der Waals surface area contributed by atoms with E-state index in [-0.39, 0.29) is 11.0 Å². The molecule has 0 fully saturated rings. The molecule has 0 saturated carbocycles. The van der Waals surface area contributed by atoms with E-state index in [0.29, 0.717) is 29.7 Å². The van der Waals surface area contributed by atoms with Gasteiger partial charge in [-0.3, -0.25) is 4.79 Å². The van der Waals surface area contributed by atoms with Crippen molar-refractivity contribution in [3.63, 3.8) is 0 Å². The molecule has 1 atom stereocenters. The lowest BCUT2D eigenvalue weighted by molar-refractivity contribution is 0.132. The number of anilines is 1. The lowest BCUT2D eigenvalue weighted by Gasteiger charge is -2.22. The highest BCUT2D eigenvalue weighted by Gasteiger charge is 2.17. The van der Waals surface area contributed by atoms with Gasteiger partial charge in [-0.05, 0) is 27.8 Å².